The summed E-state index contributed by atoms with van der Waals surface area (Å²) in [5, 5.41) is 7.81. The van der Waals surface area contributed by atoms with Gasteiger partial charge >= 0.3 is 0 Å². The lowest BCUT2D eigenvalue weighted by Gasteiger charge is -2.19. The van der Waals surface area contributed by atoms with Crippen molar-refractivity contribution in [3.63, 3.8) is 0 Å². The van der Waals surface area contributed by atoms with E-state index in [4.69, 9.17) is 0 Å². The van der Waals surface area contributed by atoms with E-state index in [-0.39, 0.29) is 0 Å². The first kappa shape index (κ1) is 15.1. The third-order valence-corrected chi connectivity index (χ3v) is 3.99. The highest BCUT2D eigenvalue weighted by atomic mass is 32.1. The minimum absolute atomic E-state index is 0.700. The van der Waals surface area contributed by atoms with Crippen LogP contribution in [-0.4, -0.2) is 13.6 Å². The second-order valence-corrected chi connectivity index (χ2v) is 6.46. The van der Waals surface area contributed by atoms with Crippen molar-refractivity contribution in [2.45, 2.75) is 26.9 Å². The van der Waals surface area contributed by atoms with Crippen LogP contribution in [0.5, 0.6) is 0 Å². The smallest absolute Gasteiger partial charge is 0.0434 e. The largest absolute Gasteiger partial charge is 0.370 e. The molecule has 0 aliphatic rings. The Labute approximate surface area is 126 Å². The van der Waals surface area contributed by atoms with Gasteiger partial charge in [-0.1, -0.05) is 26.0 Å². The fourth-order valence-corrected chi connectivity index (χ4v) is 2.78. The normalized spacial score (nSPS) is 11.0. The average molecular weight is 288 g/mol. The van der Waals surface area contributed by atoms with Gasteiger partial charge in [0.25, 0.3) is 0 Å². The summed E-state index contributed by atoms with van der Waals surface area (Å²) in [6, 6.07) is 11.0. The first-order chi connectivity index (χ1) is 9.65. The molecule has 0 amide bonds. The zero-order valence-corrected chi connectivity index (χ0v) is 13.4. The van der Waals surface area contributed by atoms with Gasteiger partial charge in [0.05, 0.1) is 0 Å². The van der Waals surface area contributed by atoms with E-state index in [1.54, 1.807) is 11.3 Å². The molecule has 0 unspecified atom stereocenters. The summed E-state index contributed by atoms with van der Waals surface area (Å²) in [4.78, 5) is 2.29. The molecule has 0 bridgehead atoms. The molecule has 0 saturated heterocycles. The van der Waals surface area contributed by atoms with Gasteiger partial charge in [-0.25, -0.2) is 0 Å². The van der Waals surface area contributed by atoms with Gasteiger partial charge in [-0.3, -0.25) is 0 Å². The minimum Gasteiger partial charge on any atom is -0.370 e. The molecule has 0 aliphatic carbocycles. The molecule has 2 aromatic rings. The fraction of sp³-hybridized carbons (Fsp3) is 0.412. The SMILES string of the molecule is CC(C)CNCc1ccc(N(C)Cc2ccsc2)cc1. The predicted octanol–water partition coefficient (Wildman–Crippen LogP) is 4.13. The highest BCUT2D eigenvalue weighted by Gasteiger charge is 2.03. The maximum atomic E-state index is 3.47. The van der Waals surface area contributed by atoms with Crippen LogP contribution in [0.25, 0.3) is 0 Å². The maximum Gasteiger partial charge on any atom is 0.0434 e. The van der Waals surface area contributed by atoms with Crippen molar-refractivity contribution < 1.29 is 0 Å². The number of rotatable bonds is 7. The number of hydrogen-bond donors (Lipinski definition) is 1. The lowest BCUT2D eigenvalue weighted by atomic mass is 10.1. The van der Waals surface area contributed by atoms with Gasteiger partial charge in [-0.2, -0.15) is 11.3 Å². The zero-order valence-electron chi connectivity index (χ0n) is 12.6. The Bertz CT molecular complexity index is 488. The molecular formula is C17H24N2S. The molecule has 1 aromatic carbocycles. The summed E-state index contributed by atoms with van der Waals surface area (Å²) in [7, 11) is 2.14. The van der Waals surface area contributed by atoms with Crippen molar-refractivity contribution in [2.24, 2.45) is 5.92 Å². The molecule has 0 fully saturated rings. The van der Waals surface area contributed by atoms with Crippen molar-refractivity contribution in [2.75, 3.05) is 18.5 Å². The van der Waals surface area contributed by atoms with Crippen LogP contribution in [0.2, 0.25) is 0 Å². The number of anilines is 1. The Kier molecular flexibility index (Phi) is 5.62. The molecule has 3 heteroatoms. The standard InChI is InChI=1S/C17H24N2S/c1-14(2)10-18-11-15-4-6-17(7-5-15)19(3)12-16-8-9-20-13-16/h4-9,13-14,18H,10-12H2,1-3H3. The van der Waals surface area contributed by atoms with Crippen LogP contribution in [-0.2, 0) is 13.1 Å². The molecule has 0 spiro atoms. The summed E-state index contributed by atoms with van der Waals surface area (Å²) in [6.45, 7) is 7.45. The summed E-state index contributed by atoms with van der Waals surface area (Å²) in [6.07, 6.45) is 0. The third kappa shape index (κ3) is 4.66. The average Bonchev–Trinajstić information content (AvgIpc) is 2.92. The molecule has 2 nitrogen and oxygen atoms in total. The van der Waals surface area contributed by atoms with Crippen LogP contribution in [0.3, 0.4) is 0 Å². The number of thiophene rings is 1. The molecular weight excluding hydrogens is 264 g/mol. The van der Waals surface area contributed by atoms with E-state index in [0.717, 1.165) is 19.6 Å². The Hall–Kier alpha value is -1.32. The topological polar surface area (TPSA) is 15.3 Å². The lowest BCUT2D eigenvalue weighted by Crippen LogP contribution is -2.19. The minimum atomic E-state index is 0.700. The molecule has 0 aliphatic heterocycles. The Morgan fingerprint density at radius 1 is 1.10 bits per heavy atom. The summed E-state index contributed by atoms with van der Waals surface area (Å²) in [5.41, 5.74) is 3.99. The van der Waals surface area contributed by atoms with Crippen molar-refractivity contribution in [1.82, 2.24) is 5.32 Å². The molecule has 20 heavy (non-hydrogen) atoms. The molecule has 0 atom stereocenters. The summed E-state index contributed by atoms with van der Waals surface area (Å²) >= 11 is 1.76. The first-order valence-corrected chi connectivity index (χ1v) is 8.11. The second kappa shape index (κ2) is 7.46. The summed E-state index contributed by atoms with van der Waals surface area (Å²) < 4.78 is 0. The van der Waals surface area contributed by atoms with Gasteiger partial charge in [-0.05, 0) is 52.5 Å². The number of benzene rings is 1. The van der Waals surface area contributed by atoms with Gasteiger partial charge in [0.2, 0.25) is 0 Å². The van der Waals surface area contributed by atoms with E-state index in [1.165, 1.54) is 16.8 Å². The van der Waals surface area contributed by atoms with Crippen molar-refractivity contribution in [3.05, 3.63) is 52.2 Å². The van der Waals surface area contributed by atoms with Crippen molar-refractivity contribution in [3.8, 4) is 0 Å². The number of nitrogens with one attached hydrogen (secondary N) is 1. The third-order valence-electron chi connectivity index (χ3n) is 3.26. The lowest BCUT2D eigenvalue weighted by molar-refractivity contribution is 0.552. The number of hydrogen-bond acceptors (Lipinski definition) is 3. The Morgan fingerprint density at radius 2 is 1.85 bits per heavy atom. The van der Waals surface area contributed by atoms with Crippen LogP contribution in [0, 0.1) is 5.92 Å². The van der Waals surface area contributed by atoms with Crippen LogP contribution in [0.1, 0.15) is 25.0 Å². The van der Waals surface area contributed by atoms with Crippen LogP contribution < -0.4 is 10.2 Å². The van der Waals surface area contributed by atoms with E-state index < -0.39 is 0 Å². The Balaban J connectivity index is 1.87. The second-order valence-electron chi connectivity index (χ2n) is 5.68. The van der Waals surface area contributed by atoms with E-state index in [9.17, 15) is 0 Å². The van der Waals surface area contributed by atoms with Gasteiger partial charge < -0.3 is 10.2 Å². The van der Waals surface area contributed by atoms with Crippen molar-refractivity contribution in [1.29, 1.82) is 0 Å². The van der Waals surface area contributed by atoms with E-state index in [1.807, 2.05) is 0 Å². The fourth-order valence-electron chi connectivity index (χ4n) is 2.12. The Morgan fingerprint density at radius 3 is 2.45 bits per heavy atom. The molecule has 1 heterocycles. The van der Waals surface area contributed by atoms with Gasteiger partial charge in [0.1, 0.15) is 0 Å². The highest BCUT2D eigenvalue weighted by Crippen LogP contribution is 2.17. The molecule has 0 saturated carbocycles. The van der Waals surface area contributed by atoms with Crippen LogP contribution in [0.4, 0.5) is 5.69 Å². The van der Waals surface area contributed by atoms with Crippen molar-refractivity contribution >= 4 is 17.0 Å². The highest BCUT2D eigenvalue weighted by molar-refractivity contribution is 7.07. The maximum absolute atomic E-state index is 3.47. The van der Waals surface area contributed by atoms with Gasteiger partial charge in [-0.15, -0.1) is 0 Å². The van der Waals surface area contributed by atoms with E-state index >= 15 is 0 Å². The van der Waals surface area contributed by atoms with E-state index in [2.05, 4.69) is 72.2 Å². The molecule has 1 aromatic heterocycles. The molecule has 108 valence electrons. The van der Waals surface area contributed by atoms with Crippen LogP contribution >= 0.6 is 11.3 Å². The quantitative estimate of drug-likeness (QED) is 0.824. The van der Waals surface area contributed by atoms with Gasteiger partial charge in [0, 0.05) is 25.8 Å². The molecule has 2 rings (SSSR count). The molecule has 1 N–H and O–H groups in total. The predicted molar refractivity (Wildman–Crippen MR) is 89.4 cm³/mol. The van der Waals surface area contributed by atoms with Crippen LogP contribution in [0.15, 0.2) is 41.1 Å². The van der Waals surface area contributed by atoms with E-state index in [0.29, 0.717) is 5.92 Å². The van der Waals surface area contributed by atoms with Gasteiger partial charge in [0.15, 0.2) is 0 Å². The summed E-state index contributed by atoms with van der Waals surface area (Å²) in [5.74, 6) is 0.700. The number of nitrogens with zero attached hydrogens (tertiary/aromatic N) is 1. The zero-order chi connectivity index (χ0) is 14.4. The first-order valence-electron chi connectivity index (χ1n) is 7.17. The molecule has 0 radical (unpaired) electrons. The monoisotopic (exact) mass is 288 g/mol.